The maximum Gasteiger partial charge on any atom is 0.339 e. The van der Waals surface area contributed by atoms with Crippen LogP contribution in [0, 0.1) is 0 Å². The van der Waals surface area contributed by atoms with Crippen LogP contribution in [0.5, 0.6) is 0 Å². The minimum Gasteiger partial charge on any atom is -0.468 e. The summed E-state index contributed by atoms with van der Waals surface area (Å²) in [6, 6.07) is 10.8. The van der Waals surface area contributed by atoms with Crippen LogP contribution in [0.3, 0.4) is 0 Å². The van der Waals surface area contributed by atoms with E-state index in [-0.39, 0.29) is 11.9 Å². The molecule has 2 heterocycles. The number of hydrogen-bond acceptors (Lipinski definition) is 5. The molecule has 1 N–H and O–H groups in total. The number of esters is 1. The smallest absolute Gasteiger partial charge is 0.339 e. The van der Waals surface area contributed by atoms with Gasteiger partial charge in [-0.3, -0.25) is 9.69 Å². The predicted molar refractivity (Wildman–Crippen MR) is 87.5 cm³/mol. The predicted octanol–water partition coefficient (Wildman–Crippen LogP) is 1.78. The van der Waals surface area contributed by atoms with E-state index in [1.807, 2.05) is 43.3 Å². The molecule has 126 valence electrons. The van der Waals surface area contributed by atoms with Gasteiger partial charge in [0.2, 0.25) is 0 Å². The van der Waals surface area contributed by atoms with Crippen LogP contribution >= 0.6 is 0 Å². The summed E-state index contributed by atoms with van der Waals surface area (Å²) < 4.78 is 10.7. The van der Waals surface area contributed by atoms with Crippen LogP contribution in [0.2, 0.25) is 0 Å². The van der Waals surface area contributed by atoms with E-state index < -0.39 is 12.1 Å². The first kappa shape index (κ1) is 16.3. The molecule has 2 aromatic rings. The lowest BCUT2D eigenvalue weighted by atomic mass is 9.98. The number of likely N-dealkylation sites (N-methyl/N-ethyl adjacent to an activating group) is 1. The molecule has 2 atom stereocenters. The zero-order valence-corrected chi connectivity index (χ0v) is 13.7. The molecule has 1 aromatic heterocycles. The first-order valence-electron chi connectivity index (χ1n) is 7.82. The Balaban J connectivity index is 1.64. The molecule has 3 rings (SSSR count). The molecule has 1 amide bonds. The molecule has 2 unspecified atom stereocenters. The van der Waals surface area contributed by atoms with Gasteiger partial charge < -0.3 is 14.5 Å². The Hall–Kier alpha value is -2.60. The summed E-state index contributed by atoms with van der Waals surface area (Å²) in [6.07, 6.45) is 1.20. The van der Waals surface area contributed by atoms with Gasteiger partial charge in [0.05, 0.1) is 17.9 Å². The molecule has 0 saturated heterocycles. The van der Waals surface area contributed by atoms with Crippen molar-refractivity contribution in [3.05, 3.63) is 59.5 Å². The van der Waals surface area contributed by atoms with Gasteiger partial charge in [0.1, 0.15) is 5.76 Å². The Morgan fingerprint density at radius 1 is 1.29 bits per heavy atom. The average Bonchev–Trinajstić information content (AvgIpc) is 3.08. The van der Waals surface area contributed by atoms with Crippen molar-refractivity contribution in [3.8, 4) is 0 Å². The van der Waals surface area contributed by atoms with Gasteiger partial charge in [-0.25, -0.2) is 4.79 Å². The second-order valence-electron chi connectivity index (χ2n) is 6.00. The summed E-state index contributed by atoms with van der Waals surface area (Å²) >= 11 is 0. The van der Waals surface area contributed by atoms with Crippen LogP contribution < -0.4 is 5.32 Å². The molecule has 1 aliphatic rings. The van der Waals surface area contributed by atoms with Crippen molar-refractivity contribution in [2.24, 2.45) is 0 Å². The number of carbonyl (C=O) groups excluding carboxylic acids is 2. The van der Waals surface area contributed by atoms with Crippen LogP contribution in [0.15, 0.2) is 47.1 Å². The zero-order chi connectivity index (χ0) is 17.1. The maximum atomic E-state index is 12.4. The molecule has 0 fully saturated rings. The number of nitrogens with one attached hydrogen (secondary N) is 1. The Kier molecular flexibility index (Phi) is 4.66. The third-order valence-corrected chi connectivity index (χ3v) is 4.15. The molecule has 0 radical (unpaired) electrons. The van der Waals surface area contributed by atoms with Crippen LogP contribution in [0.1, 0.15) is 27.7 Å². The highest BCUT2D eigenvalue weighted by molar-refractivity contribution is 5.95. The van der Waals surface area contributed by atoms with Gasteiger partial charge in [0.25, 0.3) is 5.91 Å². The van der Waals surface area contributed by atoms with Crippen molar-refractivity contribution in [1.29, 1.82) is 0 Å². The summed E-state index contributed by atoms with van der Waals surface area (Å²) in [7, 11) is 3.83. The fourth-order valence-electron chi connectivity index (χ4n) is 2.81. The molecule has 6 heteroatoms. The van der Waals surface area contributed by atoms with Crippen molar-refractivity contribution in [2.45, 2.75) is 18.6 Å². The van der Waals surface area contributed by atoms with Gasteiger partial charge in [-0.15, -0.1) is 0 Å². The quantitative estimate of drug-likeness (QED) is 0.847. The second kappa shape index (κ2) is 6.88. The number of cyclic esters (lactones) is 1. The summed E-state index contributed by atoms with van der Waals surface area (Å²) in [5.74, 6) is 0.0229. The zero-order valence-electron chi connectivity index (χ0n) is 13.7. The third-order valence-electron chi connectivity index (χ3n) is 4.15. The van der Waals surface area contributed by atoms with Crippen molar-refractivity contribution in [1.82, 2.24) is 10.2 Å². The van der Waals surface area contributed by atoms with E-state index in [1.165, 1.54) is 0 Å². The van der Waals surface area contributed by atoms with Crippen LogP contribution in [0.25, 0.3) is 0 Å². The second-order valence-corrected chi connectivity index (χ2v) is 6.00. The molecule has 24 heavy (non-hydrogen) atoms. The van der Waals surface area contributed by atoms with Gasteiger partial charge in [-0.05, 0) is 37.9 Å². The van der Waals surface area contributed by atoms with Crippen molar-refractivity contribution >= 4 is 11.9 Å². The highest BCUT2D eigenvalue weighted by Crippen LogP contribution is 2.21. The highest BCUT2D eigenvalue weighted by Gasteiger charge is 2.31. The van der Waals surface area contributed by atoms with Crippen LogP contribution in [-0.4, -0.2) is 43.5 Å². The van der Waals surface area contributed by atoms with Gasteiger partial charge >= 0.3 is 5.97 Å². The molecule has 1 aromatic carbocycles. The minimum absolute atomic E-state index is 0.0875. The molecule has 6 nitrogen and oxygen atoms in total. The normalized spacial score (nSPS) is 18.0. The molecule has 0 saturated carbocycles. The molecule has 0 bridgehead atoms. The first-order valence-corrected chi connectivity index (χ1v) is 7.82. The number of ether oxygens (including phenoxy) is 1. The molecule has 0 spiro atoms. The standard InChI is InChI=1S/C18H20N2O4/c1-20(2)14(15-8-5-9-23-15)11-19-17(21)16-10-12-6-3-4-7-13(12)18(22)24-16/h3-9,14,16H,10-11H2,1-2H3,(H,19,21). The number of amides is 1. The molecule has 0 aliphatic carbocycles. The van der Waals surface area contributed by atoms with E-state index in [2.05, 4.69) is 5.32 Å². The highest BCUT2D eigenvalue weighted by atomic mass is 16.5. The number of hydrogen-bond donors (Lipinski definition) is 1. The van der Waals surface area contributed by atoms with Gasteiger partial charge in [0.15, 0.2) is 6.10 Å². The number of carbonyl (C=O) groups is 2. The lowest BCUT2D eigenvalue weighted by Gasteiger charge is -2.26. The van der Waals surface area contributed by atoms with E-state index >= 15 is 0 Å². The minimum atomic E-state index is -0.799. The Morgan fingerprint density at radius 3 is 2.79 bits per heavy atom. The SMILES string of the molecule is CN(C)C(CNC(=O)C1Cc2ccccc2C(=O)O1)c1ccco1. The first-order chi connectivity index (χ1) is 11.6. The number of rotatable bonds is 5. The monoisotopic (exact) mass is 328 g/mol. The van der Waals surface area contributed by atoms with Crippen LogP contribution in [0.4, 0.5) is 0 Å². The van der Waals surface area contributed by atoms with Gasteiger partial charge in [-0.2, -0.15) is 0 Å². The van der Waals surface area contributed by atoms with E-state index in [4.69, 9.17) is 9.15 Å². The van der Waals surface area contributed by atoms with Crippen molar-refractivity contribution < 1.29 is 18.7 Å². The Bertz CT molecular complexity index is 724. The summed E-state index contributed by atoms with van der Waals surface area (Å²) in [5, 5.41) is 2.86. The molecule has 1 aliphatic heterocycles. The van der Waals surface area contributed by atoms with Crippen LogP contribution in [-0.2, 0) is 16.0 Å². The third kappa shape index (κ3) is 3.33. The fourth-order valence-corrected chi connectivity index (χ4v) is 2.81. The van der Waals surface area contributed by atoms with Gasteiger partial charge in [-0.1, -0.05) is 18.2 Å². The lowest BCUT2D eigenvalue weighted by molar-refractivity contribution is -0.130. The Morgan fingerprint density at radius 2 is 2.08 bits per heavy atom. The van der Waals surface area contributed by atoms with Crippen molar-refractivity contribution in [3.63, 3.8) is 0 Å². The fraction of sp³-hybridized carbons (Fsp3) is 0.333. The van der Waals surface area contributed by atoms with E-state index in [0.29, 0.717) is 18.5 Å². The summed E-state index contributed by atoms with van der Waals surface area (Å²) in [6.45, 7) is 0.370. The topological polar surface area (TPSA) is 71.8 Å². The molecular formula is C18H20N2O4. The maximum absolute atomic E-state index is 12.4. The largest absolute Gasteiger partial charge is 0.468 e. The summed E-state index contributed by atoms with van der Waals surface area (Å²) in [4.78, 5) is 26.4. The van der Waals surface area contributed by atoms with Gasteiger partial charge in [0, 0.05) is 13.0 Å². The number of benzene rings is 1. The number of fused-ring (bicyclic) bond motifs is 1. The average molecular weight is 328 g/mol. The van der Waals surface area contributed by atoms with E-state index in [1.54, 1.807) is 18.4 Å². The van der Waals surface area contributed by atoms with E-state index in [9.17, 15) is 9.59 Å². The summed E-state index contributed by atoms with van der Waals surface area (Å²) in [5.41, 5.74) is 1.37. The lowest BCUT2D eigenvalue weighted by Crippen LogP contribution is -2.44. The molecular weight excluding hydrogens is 308 g/mol. The number of nitrogens with zero attached hydrogens (tertiary/aromatic N) is 1. The van der Waals surface area contributed by atoms with Crippen molar-refractivity contribution in [2.75, 3.05) is 20.6 Å². The van der Waals surface area contributed by atoms with E-state index in [0.717, 1.165) is 11.3 Å². The number of furan rings is 1. The Labute approximate surface area is 140 Å².